The van der Waals surface area contributed by atoms with Gasteiger partial charge in [-0.3, -0.25) is 4.79 Å². The van der Waals surface area contributed by atoms with Gasteiger partial charge in [0.25, 0.3) is 5.91 Å². The van der Waals surface area contributed by atoms with Crippen molar-refractivity contribution in [3.05, 3.63) is 31.7 Å². The van der Waals surface area contributed by atoms with Crippen molar-refractivity contribution in [2.45, 2.75) is 96.8 Å². The predicted molar refractivity (Wildman–Crippen MR) is 132 cm³/mol. The molecule has 0 unspecified atom stereocenters. The molecule has 1 rings (SSSR count). The van der Waals surface area contributed by atoms with E-state index in [9.17, 15) is 9.90 Å². The number of benzene rings is 1. The Bertz CT molecular complexity index is 675. The van der Waals surface area contributed by atoms with Crippen LogP contribution < -0.4 is 5.32 Å². The normalized spacial score (nSPS) is 10.6. The van der Waals surface area contributed by atoms with Gasteiger partial charge < -0.3 is 10.4 Å². The molecule has 1 amide bonds. The van der Waals surface area contributed by atoms with Crippen LogP contribution in [0.1, 0.15) is 107 Å². The summed E-state index contributed by atoms with van der Waals surface area (Å²) in [5.74, 6) is -0.438. The van der Waals surface area contributed by atoms with E-state index in [-0.39, 0.29) is 17.2 Å². The molecular weight excluding hydrogens is 489 g/mol. The van der Waals surface area contributed by atoms with Gasteiger partial charge in [-0.25, -0.2) is 0 Å². The number of carbonyl (C=O) groups is 1. The molecular formula is C23H37IN4O2. The second-order valence-corrected chi connectivity index (χ2v) is 8.92. The third-order valence-electron chi connectivity index (χ3n) is 5.31. The summed E-state index contributed by atoms with van der Waals surface area (Å²) in [5.41, 5.74) is 9.04. The van der Waals surface area contributed by atoms with Crippen molar-refractivity contribution in [2.75, 3.05) is 6.54 Å². The van der Waals surface area contributed by atoms with E-state index in [1.807, 2.05) is 22.6 Å². The number of nitrogens with one attached hydrogen (secondary N) is 1. The molecule has 0 radical (unpaired) electrons. The minimum absolute atomic E-state index is 0.140. The summed E-state index contributed by atoms with van der Waals surface area (Å²) in [4.78, 5) is 15.0. The summed E-state index contributed by atoms with van der Waals surface area (Å²) >= 11 is 1.87. The van der Waals surface area contributed by atoms with E-state index < -0.39 is 0 Å². The molecule has 30 heavy (non-hydrogen) atoms. The van der Waals surface area contributed by atoms with Gasteiger partial charge in [0, 0.05) is 11.5 Å². The van der Waals surface area contributed by atoms with Crippen LogP contribution in [-0.4, -0.2) is 17.6 Å². The zero-order chi connectivity index (χ0) is 22.0. The highest BCUT2D eigenvalue weighted by molar-refractivity contribution is 14.1. The number of amides is 1. The maximum absolute atomic E-state index is 12.2. The molecule has 168 valence electrons. The van der Waals surface area contributed by atoms with Crippen LogP contribution in [0.25, 0.3) is 10.4 Å². The van der Waals surface area contributed by atoms with E-state index >= 15 is 0 Å². The molecule has 0 aliphatic carbocycles. The molecule has 0 spiro atoms. The Morgan fingerprint density at radius 2 is 1.47 bits per heavy atom. The number of halogens is 1. The summed E-state index contributed by atoms with van der Waals surface area (Å²) < 4.78 is 0.384. The third-order valence-corrected chi connectivity index (χ3v) is 6.37. The molecule has 6 nitrogen and oxygen atoms in total. The molecule has 0 bridgehead atoms. The maximum Gasteiger partial charge on any atom is 0.255 e. The van der Waals surface area contributed by atoms with Crippen molar-refractivity contribution in [3.63, 3.8) is 0 Å². The fourth-order valence-corrected chi connectivity index (χ4v) is 4.06. The quantitative estimate of drug-likeness (QED) is 0.0704. The number of aromatic hydroxyl groups is 1. The van der Waals surface area contributed by atoms with Gasteiger partial charge in [-0.2, -0.15) is 0 Å². The lowest BCUT2D eigenvalue weighted by Crippen LogP contribution is -2.24. The van der Waals surface area contributed by atoms with Gasteiger partial charge in [-0.05, 0) is 40.6 Å². The van der Waals surface area contributed by atoms with Gasteiger partial charge in [-0.15, -0.1) is 0 Å². The highest BCUT2D eigenvalue weighted by Gasteiger charge is 2.15. The van der Waals surface area contributed by atoms with Gasteiger partial charge in [0.15, 0.2) is 0 Å². The van der Waals surface area contributed by atoms with Crippen molar-refractivity contribution in [2.24, 2.45) is 5.11 Å². The maximum atomic E-state index is 12.2. The van der Waals surface area contributed by atoms with Crippen LogP contribution in [0.4, 0.5) is 5.69 Å². The SMILES string of the molecule is CCCCCCCCCCCCCCCCNC(=O)c1ccc(N=[N+]=[N-])c([125I])c1O. The molecule has 0 aliphatic heterocycles. The first-order valence-electron chi connectivity index (χ1n) is 11.5. The lowest BCUT2D eigenvalue weighted by molar-refractivity contribution is 0.0950. The number of azide groups is 1. The lowest BCUT2D eigenvalue weighted by atomic mass is 10.0. The first-order chi connectivity index (χ1) is 14.6. The Labute approximate surface area is 195 Å². The summed E-state index contributed by atoms with van der Waals surface area (Å²) in [6.07, 6.45) is 18.2. The average Bonchev–Trinajstić information content (AvgIpc) is 2.74. The highest BCUT2D eigenvalue weighted by atomic mass is 125. The number of phenolic OH excluding ortho intramolecular Hbond substituents is 1. The van der Waals surface area contributed by atoms with Crippen LogP contribution in [0.15, 0.2) is 17.2 Å². The van der Waals surface area contributed by atoms with E-state index in [4.69, 9.17) is 5.53 Å². The molecule has 0 aromatic heterocycles. The number of carbonyl (C=O) groups excluding carboxylic acids is 1. The number of rotatable bonds is 17. The lowest BCUT2D eigenvalue weighted by Gasteiger charge is -2.09. The summed E-state index contributed by atoms with van der Waals surface area (Å²) in [6, 6.07) is 3.03. The molecule has 2 N–H and O–H groups in total. The molecule has 7 heteroatoms. The zero-order valence-electron chi connectivity index (χ0n) is 18.3. The molecule has 1 aromatic carbocycles. The summed E-state index contributed by atoms with van der Waals surface area (Å²) in [7, 11) is 0. The number of unbranched alkanes of at least 4 members (excludes halogenated alkanes) is 13. The second kappa shape index (κ2) is 17.2. The topological polar surface area (TPSA) is 98.1 Å². The molecule has 0 saturated carbocycles. The Hall–Kier alpha value is -1.47. The minimum Gasteiger partial charge on any atom is -0.506 e. The van der Waals surface area contributed by atoms with E-state index in [2.05, 4.69) is 22.3 Å². The van der Waals surface area contributed by atoms with Crippen molar-refractivity contribution >= 4 is 34.2 Å². The molecule has 1 aromatic rings. The Kier molecular flexibility index (Phi) is 15.3. The van der Waals surface area contributed by atoms with Gasteiger partial charge in [-0.1, -0.05) is 102 Å². The van der Waals surface area contributed by atoms with Gasteiger partial charge in [0.1, 0.15) is 5.75 Å². The molecule has 0 atom stereocenters. The first-order valence-corrected chi connectivity index (χ1v) is 12.5. The Morgan fingerprint density at radius 1 is 0.967 bits per heavy atom. The Balaban J connectivity index is 2.04. The van der Waals surface area contributed by atoms with Crippen LogP contribution in [0.2, 0.25) is 0 Å². The second-order valence-electron chi connectivity index (χ2n) is 7.84. The van der Waals surface area contributed by atoms with E-state index in [0.29, 0.717) is 15.8 Å². The van der Waals surface area contributed by atoms with Crippen LogP contribution in [0.3, 0.4) is 0 Å². The Morgan fingerprint density at radius 3 is 1.97 bits per heavy atom. The van der Waals surface area contributed by atoms with Gasteiger partial charge in [0.05, 0.1) is 14.8 Å². The smallest absolute Gasteiger partial charge is 0.255 e. The van der Waals surface area contributed by atoms with Crippen LogP contribution in [0, 0.1) is 3.57 Å². The van der Waals surface area contributed by atoms with Crippen molar-refractivity contribution in [1.82, 2.24) is 5.32 Å². The monoisotopic (exact) mass is 526 g/mol. The molecule has 0 fully saturated rings. The summed E-state index contributed by atoms with van der Waals surface area (Å²) in [5, 5.41) is 16.5. The van der Waals surface area contributed by atoms with Crippen LogP contribution in [0.5, 0.6) is 5.75 Å². The van der Waals surface area contributed by atoms with E-state index in [1.54, 1.807) is 6.07 Å². The molecule has 0 heterocycles. The largest absolute Gasteiger partial charge is 0.506 e. The van der Waals surface area contributed by atoms with Crippen molar-refractivity contribution < 1.29 is 9.90 Å². The minimum atomic E-state index is -0.299. The number of hydrogen-bond acceptors (Lipinski definition) is 3. The van der Waals surface area contributed by atoms with Gasteiger partial charge in [0.2, 0.25) is 0 Å². The summed E-state index contributed by atoms with van der Waals surface area (Å²) in [6.45, 7) is 2.86. The zero-order valence-corrected chi connectivity index (χ0v) is 20.5. The number of nitrogens with zero attached hydrogens (tertiary/aromatic N) is 3. The number of hydrogen-bond donors (Lipinski definition) is 2. The van der Waals surface area contributed by atoms with Crippen LogP contribution >= 0.6 is 22.6 Å². The van der Waals surface area contributed by atoms with Crippen molar-refractivity contribution in [3.8, 4) is 5.75 Å². The molecule has 0 saturated heterocycles. The van der Waals surface area contributed by atoms with E-state index in [1.165, 1.54) is 83.1 Å². The molecule has 0 aliphatic rings. The van der Waals surface area contributed by atoms with Crippen molar-refractivity contribution in [1.29, 1.82) is 0 Å². The van der Waals surface area contributed by atoms with Gasteiger partial charge >= 0.3 is 0 Å². The van der Waals surface area contributed by atoms with Crippen LogP contribution in [-0.2, 0) is 0 Å². The highest BCUT2D eigenvalue weighted by Crippen LogP contribution is 2.32. The fourth-order valence-electron chi connectivity index (χ4n) is 3.48. The van der Waals surface area contributed by atoms with E-state index in [0.717, 1.165) is 12.8 Å². The fraction of sp³-hybridized carbons (Fsp3) is 0.696. The number of phenols is 1. The third kappa shape index (κ3) is 11.1. The standard InChI is InChI=1S/C23H37IN4O2/c1-2-3-4-5-6-7-8-9-10-11-12-13-14-15-18-26-23(30)19-16-17-20(27-28-25)21(24)22(19)29/h16-17,29H,2-15,18H2,1H3,(H,26,30)/i24-2. The first kappa shape index (κ1) is 26.6. The predicted octanol–water partition coefficient (Wildman–Crippen LogP) is 8.15. The average molecular weight is 526 g/mol.